The number of pyridine rings is 1. The topological polar surface area (TPSA) is 45.2 Å². The van der Waals surface area contributed by atoms with Crippen molar-refractivity contribution in [2.45, 2.75) is 20.3 Å². The molecule has 2 heterocycles. The van der Waals surface area contributed by atoms with Gasteiger partial charge in [-0.25, -0.2) is 4.98 Å². The SMILES string of the molecule is Cc1ccc(N2CCC(=O)Nc3cc(C)cnc32)cc1. The zero-order chi connectivity index (χ0) is 14.1. The maximum absolute atomic E-state index is 11.8. The van der Waals surface area contributed by atoms with Gasteiger partial charge in [0.2, 0.25) is 5.91 Å². The highest BCUT2D eigenvalue weighted by atomic mass is 16.1. The molecule has 0 saturated heterocycles. The number of fused-ring (bicyclic) bond motifs is 1. The van der Waals surface area contributed by atoms with Crippen LogP contribution in [0.4, 0.5) is 17.2 Å². The van der Waals surface area contributed by atoms with Crippen LogP contribution in [0.1, 0.15) is 17.5 Å². The molecule has 0 unspecified atom stereocenters. The van der Waals surface area contributed by atoms with Crippen LogP contribution in [0, 0.1) is 13.8 Å². The van der Waals surface area contributed by atoms with Crippen molar-refractivity contribution in [2.24, 2.45) is 0 Å². The Morgan fingerprint density at radius 2 is 1.90 bits per heavy atom. The number of rotatable bonds is 1. The molecule has 1 aliphatic rings. The third-order valence-electron chi connectivity index (χ3n) is 3.44. The molecule has 1 N–H and O–H groups in total. The molecule has 0 saturated carbocycles. The first-order valence-corrected chi connectivity index (χ1v) is 6.74. The molecule has 102 valence electrons. The van der Waals surface area contributed by atoms with Crippen LogP contribution < -0.4 is 10.2 Å². The van der Waals surface area contributed by atoms with E-state index in [1.54, 1.807) is 0 Å². The lowest BCUT2D eigenvalue weighted by Crippen LogP contribution is -2.19. The van der Waals surface area contributed by atoms with Crippen molar-refractivity contribution in [2.75, 3.05) is 16.8 Å². The third kappa shape index (κ3) is 2.37. The van der Waals surface area contributed by atoms with Gasteiger partial charge in [-0.15, -0.1) is 0 Å². The van der Waals surface area contributed by atoms with Crippen molar-refractivity contribution in [3.63, 3.8) is 0 Å². The molecule has 1 amide bonds. The second-order valence-corrected chi connectivity index (χ2v) is 5.17. The molecule has 20 heavy (non-hydrogen) atoms. The van der Waals surface area contributed by atoms with Gasteiger partial charge in [0.15, 0.2) is 5.82 Å². The van der Waals surface area contributed by atoms with Crippen molar-refractivity contribution in [1.82, 2.24) is 4.98 Å². The van der Waals surface area contributed by atoms with Crippen molar-refractivity contribution in [3.05, 3.63) is 47.7 Å². The minimum atomic E-state index is 0.0354. The number of nitrogens with one attached hydrogen (secondary N) is 1. The Labute approximate surface area is 118 Å². The summed E-state index contributed by atoms with van der Waals surface area (Å²) in [5, 5.41) is 2.93. The summed E-state index contributed by atoms with van der Waals surface area (Å²) in [5.74, 6) is 0.846. The summed E-state index contributed by atoms with van der Waals surface area (Å²) in [4.78, 5) is 18.4. The quantitative estimate of drug-likeness (QED) is 0.863. The number of anilines is 3. The van der Waals surface area contributed by atoms with E-state index in [4.69, 9.17) is 0 Å². The van der Waals surface area contributed by atoms with Gasteiger partial charge in [0, 0.05) is 24.8 Å². The Kier molecular flexibility index (Phi) is 3.14. The summed E-state index contributed by atoms with van der Waals surface area (Å²) < 4.78 is 0. The number of amides is 1. The van der Waals surface area contributed by atoms with E-state index in [-0.39, 0.29) is 5.91 Å². The van der Waals surface area contributed by atoms with Gasteiger partial charge in [-0.05, 0) is 37.6 Å². The van der Waals surface area contributed by atoms with Crippen LogP contribution in [0.3, 0.4) is 0 Å². The van der Waals surface area contributed by atoms with E-state index in [2.05, 4.69) is 46.4 Å². The van der Waals surface area contributed by atoms with Crippen molar-refractivity contribution < 1.29 is 4.79 Å². The first-order chi connectivity index (χ1) is 9.63. The molecule has 1 aromatic carbocycles. The van der Waals surface area contributed by atoms with E-state index >= 15 is 0 Å². The van der Waals surface area contributed by atoms with Crippen molar-refractivity contribution in [3.8, 4) is 0 Å². The Morgan fingerprint density at radius 1 is 1.15 bits per heavy atom. The minimum Gasteiger partial charge on any atom is -0.324 e. The van der Waals surface area contributed by atoms with Gasteiger partial charge in [0.1, 0.15) is 0 Å². The number of aromatic nitrogens is 1. The maximum Gasteiger partial charge on any atom is 0.226 e. The van der Waals surface area contributed by atoms with Gasteiger partial charge < -0.3 is 10.2 Å². The number of carbonyl (C=O) groups excluding carboxylic acids is 1. The van der Waals surface area contributed by atoms with Gasteiger partial charge >= 0.3 is 0 Å². The predicted octanol–water partition coefficient (Wildman–Crippen LogP) is 3.18. The molecule has 1 aromatic heterocycles. The highest BCUT2D eigenvalue weighted by Crippen LogP contribution is 2.33. The zero-order valence-electron chi connectivity index (χ0n) is 11.7. The summed E-state index contributed by atoms with van der Waals surface area (Å²) in [6.07, 6.45) is 2.29. The molecule has 0 atom stereocenters. The van der Waals surface area contributed by atoms with Gasteiger partial charge in [0.25, 0.3) is 0 Å². The van der Waals surface area contributed by atoms with E-state index in [1.165, 1.54) is 5.56 Å². The summed E-state index contributed by atoms with van der Waals surface area (Å²) in [6.45, 7) is 4.67. The van der Waals surface area contributed by atoms with Crippen LogP contribution in [0.15, 0.2) is 36.5 Å². The fourth-order valence-corrected chi connectivity index (χ4v) is 2.38. The Bertz CT molecular complexity index is 649. The highest BCUT2D eigenvalue weighted by Gasteiger charge is 2.21. The first-order valence-electron chi connectivity index (χ1n) is 6.74. The standard InChI is InChI=1S/C16H17N3O/c1-11-3-5-13(6-4-11)19-8-7-15(20)18-14-9-12(2)10-17-16(14)19/h3-6,9-10H,7-8H2,1-2H3,(H,18,20). The number of hydrogen-bond donors (Lipinski definition) is 1. The number of benzene rings is 1. The van der Waals surface area contributed by atoms with E-state index in [0.29, 0.717) is 13.0 Å². The molecule has 3 rings (SSSR count). The average molecular weight is 267 g/mol. The first kappa shape index (κ1) is 12.7. The van der Waals surface area contributed by atoms with Crippen LogP contribution in [0.5, 0.6) is 0 Å². The second kappa shape index (κ2) is 4.96. The number of hydrogen-bond acceptors (Lipinski definition) is 3. The molecule has 0 fully saturated rings. The third-order valence-corrected chi connectivity index (χ3v) is 3.44. The van der Waals surface area contributed by atoms with Gasteiger partial charge in [-0.1, -0.05) is 17.7 Å². The largest absolute Gasteiger partial charge is 0.324 e. The van der Waals surface area contributed by atoms with Crippen LogP contribution in [-0.2, 0) is 4.79 Å². The monoisotopic (exact) mass is 267 g/mol. The molecule has 0 spiro atoms. The molecule has 0 radical (unpaired) electrons. The molecule has 4 heteroatoms. The fraction of sp³-hybridized carbons (Fsp3) is 0.250. The average Bonchev–Trinajstić information content (AvgIpc) is 2.58. The molecule has 2 aromatic rings. The van der Waals surface area contributed by atoms with Crippen LogP contribution in [0.2, 0.25) is 0 Å². The van der Waals surface area contributed by atoms with E-state index in [0.717, 1.165) is 22.8 Å². The maximum atomic E-state index is 11.8. The lowest BCUT2D eigenvalue weighted by Gasteiger charge is -2.23. The molecule has 0 bridgehead atoms. The smallest absolute Gasteiger partial charge is 0.226 e. The zero-order valence-corrected chi connectivity index (χ0v) is 11.7. The fourth-order valence-electron chi connectivity index (χ4n) is 2.38. The summed E-state index contributed by atoms with van der Waals surface area (Å²) in [5.41, 5.74) is 4.10. The van der Waals surface area contributed by atoms with Crippen LogP contribution >= 0.6 is 0 Å². The number of nitrogens with zero attached hydrogens (tertiary/aromatic N) is 2. The molecule has 0 aliphatic carbocycles. The number of carbonyl (C=O) groups is 1. The van der Waals surface area contributed by atoms with Crippen molar-refractivity contribution in [1.29, 1.82) is 0 Å². The molecular weight excluding hydrogens is 250 g/mol. The van der Waals surface area contributed by atoms with Crippen LogP contribution in [-0.4, -0.2) is 17.4 Å². The van der Waals surface area contributed by atoms with Gasteiger partial charge in [-0.3, -0.25) is 4.79 Å². The highest BCUT2D eigenvalue weighted by molar-refractivity contribution is 5.96. The predicted molar refractivity (Wildman–Crippen MR) is 80.4 cm³/mol. The summed E-state index contributed by atoms with van der Waals surface area (Å²) in [6, 6.07) is 10.2. The van der Waals surface area contributed by atoms with Gasteiger partial charge in [-0.2, -0.15) is 0 Å². The van der Waals surface area contributed by atoms with Crippen molar-refractivity contribution >= 4 is 23.1 Å². The Hall–Kier alpha value is -2.36. The molecular formula is C16H17N3O. The Balaban J connectivity index is 2.08. The summed E-state index contributed by atoms with van der Waals surface area (Å²) >= 11 is 0. The van der Waals surface area contributed by atoms with E-state index in [1.807, 2.05) is 19.2 Å². The second-order valence-electron chi connectivity index (χ2n) is 5.17. The summed E-state index contributed by atoms with van der Waals surface area (Å²) in [7, 11) is 0. The minimum absolute atomic E-state index is 0.0354. The lowest BCUT2D eigenvalue weighted by atomic mass is 10.2. The van der Waals surface area contributed by atoms with E-state index in [9.17, 15) is 4.79 Å². The molecule has 1 aliphatic heterocycles. The lowest BCUT2D eigenvalue weighted by molar-refractivity contribution is -0.115. The van der Waals surface area contributed by atoms with Gasteiger partial charge in [0.05, 0.1) is 5.69 Å². The van der Waals surface area contributed by atoms with Crippen LogP contribution in [0.25, 0.3) is 0 Å². The normalized spacial score (nSPS) is 14.5. The van der Waals surface area contributed by atoms with E-state index < -0.39 is 0 Å². The Morgan fingerprint density at radius 3 is 2.65 bits per heavy atom. The molecule has 4 nitrogen and oxygen atoms in total. The number of aryl methyl sites for hydroxylation is 2.